The maximum absolute atomic E-state index is 12.5. The lowest BCUT2D eigenvalue weighted by Gasteiger charge is -2.14. The molecule has 0 spiro atoms. The van der Waals surface area contributed by atoms with E-state index in [9.17, 15) is 19.7 Å². The summed E-state index contributed by atoms with van der Waals surface area (Å²) in [7, 11) is 1.76. The van der Waals surface area contributed by atoms with Crippen molar-refractivity contribution in [2.75, 3.05) is 11.1 Å². The second kappa shape index (κ2) is 10.3. The molecule has 3 rings (SSSR count). The third-order valence-corrected chi connectivity index (χ3v) is 5.98. The molecule has 10 nitrogen and oxygen atoms in total. The average molecular weight is 469 g/mol. The van der Waals surface area contributed by atoms with Gasteiger partial charge in [-0.05, 0) is 38.5 Å². The van der Waals surface area contributed by atoms with Gasteiger partial charge in [-0.15, -0.1) is 10.2 Å². The Labute approximate surface area is 194 Å². The molecule has 172 valence electrons. The molecule has 0 aliphatic rings. The predicted molar refractivity (Wildman–Crippen MR) is 125 cm³/mol. The number of carbonyl (C=O) groups is 2. The van der Waals surface area contributed by atoms with Crippen LogP contribution in [0.15, 0.2) is 47.6 Å². The molecule has 1 aromatic heterocycles. The van der Waals surface area contributed by atoms with Crippen molar-refractivity contribution < 1.29 is 14.5 Å². The van der Waals surface area contributed by atoms with Crippen LogP contribution >= 0.6 is 11.8 Å². The lowest BCUT2D eigenvalue weighted by Crippen LogP contribution is -2.28. The fourth-order valence-corrected chi connectivity index (χ4v) is 3.77. The maximum Gasteiger partial charge on any atom is 0.271 e. The van der Waals surface area contributed by atoms with Crippen molar-refractivity contribution in [1.29, 1.82) is 0 Å². The smallest absolute Gasteiger partial charge is 0.271 e. The van der Waals surface area contributed by atoms with Crippen LogP contribution in [0.2, 0.25) is 0 Å². The van der Waals surface area contributed by atoms with Gasteiger partial charge in [-0.3, -0.25) is 19.7 Å². The molecule has 0 fully saturated rings. The molecule has 2 N–H and O–H groups in total. The van der Waals surface area contributed by atoms with Crippen LogP contribution in [0.4, 0.5) is 11.4 Å². The van der Waals surface area contributed by atoms with Crippen LogP contribution in [0.1, 0.15) is 40.3 Å². The molecule has 33 heavy (non-hydrogen) atoms. The largest absolute Gasteiger partial charge is 0.342 e. The highest BCUT2D eigenvalue weighted by atomic mass is 32.2. The quantitative estimate of drug-likeness (QED) is 0.293. The fourth-order valence-electron chi connectivity index (χ4n) is 3.05. The van der Waals surface area contributed by atoms with Gasteiger partial charge in [0.15, 0.2) is 11.0 Å². The van der Waals surface area contributed by atoms with Gasteiger partial charge in [0.1, 0.15) is 0 Å². The molecule has 0 saturated heterocycles. The molecule has 0 aliphatic heterocycles. The van der Waals surface area contributed by atoms with Gasteiger partial charge in [-0.25, -0.2) is 0 Å². The number of thioether (sulfide) groups is 1. The van der Waals surface area contributed by atoms with Crippen molar-refractivity contribution in [3.05, 3.63) is 75.1 Å². The molecular formula is C22H24N6O4S. The van der Waals surface area contributed by atoms with E-state index in [1.165, 1.54) is 23.9 Å². The number of rotatable bonds is 8. The Morgan fingerprint density at radius 1 is 1.15 bits per heavy atom. The lowest BCUT2D eigenvalue weighted by molar-refractivity contribution is -0.384. The van der Waals surface area contributed by atoms with E-state index in [1.807, 2.05) is 26.0 Å². The first-order valence-electron chi connectivity index (χ1n) is 10.1. The molecule has 0 saturated carbocycles. The van der Waals surface area contributed by atoms with Gasteiger partial charge >= 0.3 is 0 Å². The number of nitro benzene ring substituents is 1. The molecule has 11 heteroatoms. The molecule has 0 unspecified atom stereocenters. The van der Waals surface area contributed by atoms with Gasteiger partial charge in [0.2, 0.25) is 5.91 Å². The van der Waals surface area contributed by atoms with E-state index in [-0.39, 0.29) is 23.3 Å². The van der Waals surface area contributed by atoms with Crippen molar-refractivity contribution >= 4 is 35.0 Å². The Hall–Kier alpha value is -3.73. The van der Waals surface area contributed by atoms with E-state index in [0.29, 0.717) is 22.2 Å². The second-order valence-corrected chi connectivity index (χ2v) is 8.50. The molecule has 3 aromatic rings. The van der Waals surface area contributed by atoms with Crippen molar-refractivity contribution in [2.24, 2.45) is 7.05 Å². The van der Waals surface area contributed by atoms with E-state index < -0.39 is 11.0 Å². The van der Waals surface area contributed by atoms with Crippen molar-refractivity contribution in [3.63, 3.8) is 0 Å². The standard InChI is InChI=1S/C22H24N6O4S/c1-13-5-8-16(9-6-13)21(30)23-15(3)20-25-26-22(27(20)4)33-12-19(29)24-18-11-17(28(31)32)10-7-14(18)2/h5-11,15H,12H2,1-4H3,(H,23,30)(H,24,29)/t15-/m1/s1. The van der Waals surface area contributed by atoms with Gasteiger partial charge < -0.3 is 15.2 Å². The number of benzene rings is 2. The molecule has 0 radical (unpaired) electrons. The summed E-state index contributed by atoms with van der Waals surface area (Å²) < 4.78 is 1.72. The fraction of sp³-hybridized carbons (Fsp3) is 0.273. The molecule has 2 amide bonds. The Bertz CT molecular complexity index is 1190. The SMILES string of the molecule is Cc1ccc(C(=O)N[C@H](C)c2nnc(SCC(=O)Nc3cc([N+](=O)[O-])ccc3C)n2C)cc1. The van der Waals surface area contributed by atoms with Crippen LogP contribution in [0.5, 0.6) is 0 Å². The highest BCUT2D eigenvalue weighted by Crippen LogP contribution is 2.23. The number of non-ortho nitro benzene ring substituents is 1. The van der Waals surface area contributed by atoms with E-state index in [4.69, 9.17) is 0 Å². The highest BCUT2D eigenvalue weighted by molar-refractivity contribution is 7.99. The van der Waals surface area contributed by atoms with Gasteiger partial charge in [-0.1, -0.05) is 35.5 Å². The predicted octanol–water partition coefficient (Wildman–Crippen LogP) is 3.56. The first kappa shape index (κ1) is 23.9. The maximum atomic E-state index is 12.5. The summed E-state index contributed by atoms with van der Waals surface area (Å²) in [6.45, 7) is 5.52. The third-order valence-electron chi connectivity index (χ3n) is 4.96. The highest BCUT2D eigenvalue weighted by Gasteiger charge is 2.19. The Balaban J connectivity index is 1.60. The summed E-state index contributed by atoms with van der Waals surface area (Å²) in [5.74, 6) is 0.0475. The van der Waals surface area contributed by atoms with Crippen molar-refractivity contribution in [2.45, 2.75) is 32.0 Å². The normalized spacial score (nSPS) is 11.6. The number of hydrogen-bond donors (Lipinski definition) is 2. The number of aromatic nitrogens is 3. The van der Waals surface area contributed by atoms with Gasteiger partial charge in [0.25, 0.3) is 11.6 Å². The third kappa shape index (κ3) is 5.95. The van der Waals surface area contributed by atoms with Crippen LogP contribution in [0, 0.1) is 24.0 Å². The topological polar surface area (TPSA) is 132 Å². The molecule has 1 heterocycles. The molecule has 1 atom stereocenters. The Morgan fingerprint density at radius 2 is 1.85 bits per heavy atom. The summed E-state index contributed by atoms with van der Waals surface area (Å²) in [5.41, 5.74) is 2.64. The van der Waals surface area contributed by atoms with Crippen molar-refractivity contribution in [1.82, 2.24) is 20.1 Å². The van der Waals surface area contributed by atoms with Gasteiger partial charge in [0, 0.05) is 24.7 Å². The van der Waals surface area contributed by atoms with Crippen LogP contribution in [-0.2, 0) is 11.8 Å². The van der Waals surface area contributed by atoms with Gasteiger partial charge in [0.05, 0.1) is 22.4 Å². The summed E-state index contributed by atoms with van der Waals surface area (Å²) in [6, 6.07) is 11.2. The number of aryl methyl sites for hydroxylation is 2. The number of nitrogens with zero attached hydrogens (tertiary/aromatic N) is 4. The number of nitrogens with one attached hydrogen (secondary N) is 2. The Morgan fingerprint density at radius 3 is 2.52 bits per heavy atom. The zero-order valence-electron chi connectivity index (χ0n) is 18.7. The summed E-state index contributed by atoms with van der Waals surface area (Å²) in [5, 5.41) is 25.3. The zero-order chi connectivity index (χ0) is 24.1. The summed E-state index contributed by atoms with van der Waals surface area (Å²) in [6.07, 6.45) is 0. The molecule has 2 aromatic carbocycles. The minimum atomic E-state index is -0.510. The summed E-state index contributed by atoms with van der Waals surface area (Å²) >= 11 is 1.18. The van der Waals surface area contributed by atoms with Crippen molar-refractivity contribution in [3.8, 4) is 0 Å². The molecule has 0 bridgehead atoms. The van der Waals surface area contributed by atoms with Crippen LogP contribution in [0.25, 0.3) is 0 Å². The minimum absolute atomic E-state index is 0.0399. The van der Waals surface area contributed by atoms with E-state index >= 15 is 0 Å². The van der Waals surface area contributed by atoms with E-state index in [2.05, 4.69) is 20.8 Å². The number of nitro groups is 1. The Kier molecular flexibility index (Phi) is 7.44. The van der Waals surface area contributed by atoms with Crippen LogP contribution in [-0.4, -0.2) is 37.3 Å². The average Bonchev–Trinajstić information content (AvgIpc) is 3.14. The van der Waals surface area contributed by atoms with Crippen LogP contribution in [0.3, 0.4) is 0 Å². The number of carbonyl (C=O) groups excluding carboxylic acids is 2. The van der Waals surface area contributed by atoms with Crippen LogP contribution < -0.4 is 10.6 Å². The monoisotopic (exact) mass is 468 g/mol. The molecule has 0 aliphatic carbocycles. The van der Waals surface area contributed by atoms with Gasteiger partial charge in [-0.2, -0.15) is 0 Å². The number of anilines is 1. The zero-order valence-corrected chi connectivity index (χ0v) is 19.5. The van der Waals surface area contributed by atoms with E-state index in [0.717, 1.165) is 11.1 Å². The molecular weight excluding hydrogens is 444 g/mol. The number of amides is 2. The first-order chi connectivity index (χ1) is 15.7. The second-order valence-electron chi connectivity index (χ2n) is 7.55. The lowest BCUT2D eigenvalue weighted by atomic mass is 10.1. The number of hydrogen-bond acceptors (Lipinski definition) is 7. The first-order valence-corrected chi connectivity index (χ1v) is 11.1. The van der Waals surface area contributed by atoms with E-state index in [1.54, 1.807) is 36.7 Å². The minimum Gasteiger partial charge on any atom is -0.342 e. The summed E-state index contributed by atoms with van der Waals surface area (Å²) in [4.78, 5) is 35.3.